The van der Waals surface area contributed by atoms with Gasteiger partial charge in [0.25, 0.3) is 0 Å². The molecule has 1 rings (SSSR count). The minimum Gasteiger partial charge on any atom is -0.316 e. The summed E-state index contributed by atoms with van der Waals surface area (Å²) in [5.74, 6) is 0.826. The summed E-state index contributed by atoms with van der Waals surface area (Å²) >= 11 is 0. The van der Waals surface area contributed by atoms with Crippen molar-refractivity contribution in [2.45, 2.75) is 79.2 Å². The Hall–Kier alpha value is -0.0800. The predicted octanol–water partition coefficient (Wildman–Crippen LogP) is 4.30. The second kappa shape index (κ2) is 9.04. The van der Waals surface area contributed by atoms with Gasteiger partial charge >= 0.3 is 0 Å². The highest BCUT2D eigenvalue weighted by Gasteiger charge is 2.34. The van der Waals surface area contributed by atoms with Gasteiger partial charge in [-0.1, -0.05) is 41.0 Å². The van der Waals surface area contributed by atoms with E-state index in [2.05, 4.69) is 44.8 Å². The van der Waals surface area contributed by atoms with Crippen LogP contribution in [0.2, 0.25) is 0 Å². The van der Waals surface area contributed by atoms with Gasteiger partial charge in [-0.2, -0.15) is 0 Å². The zero-order chi connectivity index (χ0) is 15.0. The van der Waals surface area contributed by atoms with Crippen molar-refractivity contribution in [3.8, 4) is 0 Å². The van der Waals surface area contributed by atoms with Gasteiger partial charge in [-0.3, -0.25) is 4.90 Å². The summed E-state index contributed by atoms with van der Waals surface area (Å²) in [5, 5.41) is 3.66. The van der Waals surface area contributed by atoms with Crippen LogP contribution in [0, 0.1) is 11.3 Å². The van der Waals surface area contributed by atoms with Gasteiger partial charge in [0.05, 0.1) is 0 Å². The van der Waals surface area contributed by atoms with Gasteiger partial charge in [0.1, 0.15) is 0 Å². The summed E-state index contributed by atoms with van der Waals surface area (Å²) in [5.41, 5.74) is 0.448. The van der Waals surface area contributed by atoms with Gasteiger partial charge in [0, 0.05) is 19.1 Å². The van der Waals surface area contributed by atoms with E-state index in [1.54, 1.807) is 0 Å². The van der Waals surface area contributed by atoms with E-state index in [9.17, 15) is 0 Å². The zero-order valence-electron chi connectivity index (χ0n) is 14.7. The maximum absolute atomic E-state index is 3.66. The molecule has 20 heavy (non-hydrogen) atoms. The molecule has 0 saturated heterocycles. The van der Waals surface area contributed by atoms with Crippen molar-refractivity contribution in [1.29, 1.82) is 0 Å². The third-order valence-corrected chi connectivity index (χ3v) is 4.47. The van der Waals surface area contributed by atoms with Gasteiger partial charge < -0.3 is 5.32 Å². The van der Waals surface area contributed by atoms with Crippen LogP contribution in [0.15, 0.2) is 0 Å². The monoisotopic (exact) mass is 282 g/mol. The SMILES string of the molecule is CCCNCC(C)(CCC)CN(CCC(C)C)C1CC1. The van der Waals surface area contributed by atoms with Crippen molar-refractivity contribution in [2.24, 2.45) is 11.3 Å². The quantitative estimate of drug-likeness (QED) is 0.537. The van der Waals surface area contributed by atoms with E-state index in [1.807, 2.05) is 0 Å². The first-order chi connectivity index (χ1) is 9.50. The topological polar surface area (TPSA) is 15.3 Å². The fourth-order valence-electron chi connectivity index (χ4n) is 3.14. The number of rotatable bonds is 12. The van der Waals surface area contributed by atoms with Crippen LogP contribution in [0.1, 0.15) is 73.1 Å². The van der Waals surface area contributed by atoms with Crippen molar-refractivity contribution in [1.82, 2.24) is 10.2 Å². The molecule has 1 saturated carbocycles. The molecular weight excluding hydrogens is 244 g/mol. The summed E-state index contributed by atoms with van der Waals surface area (Å²) in [7, 11) is 0. The van der Waals surface area contributed by atoms with Crippen LogP contribution in [-0.4, -0.2) is 37.1 Å². The Balaban J connectivity index is 2.50. The molecule has 0 aromatic heterocycles. The van der Waals surface area contributed by atoms with Crippen LogP contribution >= 0.6 is 0 Å². The highest BCUT2D eigenvalue weighted by molar-refractivity contribution is 4.89. The minimum atomic E-state index is 0.448. The molecule has 1 aliphatic carbocycles. The largest absolute Gasteiger partial charge is 0.316 e. The lowest BCUT2D eigenvalue weighted by Crippen LogP contribution is -2.44. The highest BCUT2D eigenvalue weighted by Crippen LogP contribution is 2.32. The third-order valence-electron chi connectivity index (χ3n) is 4.47. The van der Waals surface area contributed by atoms with E-state index in [0.29, 0.717) is 5.41 Å². The van der Waals surface area contributed by atoms with E-state index in [4.69, 9.17) is 0 Å². The molecule has 2 nitrogen and oxygen atoms in total. The van der Waals surface area contributed by atoms with Gasteiger partial charge in [0.15, 0.2) is 0 Å². The maximum atomic E-state index is 3.66. The van der Waals surface area contributed by atoms with Crippen LogP contribution < -0.4 is 5.32 Å². The third kappa shape index (κ3) is 7.08. The predicted molar refractivity (Wildman–Crippen MR) is 90.2 cm³/mol. The van der Waals surface area contributed by atoms with Crippen molar-refractivity contribution < 1.29 is 0 Å². The van der Waals surface area contributed by atoms with E-state index in [0.717, 1.165) is 18.5 Å². The number of nitrogens with one attached hydrogen (secondary N) is 1. The first kappa shape index (κ1) is 18.0. The molecule has 0 amide bonds. The summed E-state index contributed by atoms with van der Waals surface area (Å²) in [6.07, 6.45) is 8.09. The average Bonchev–Trinajstić information content (AvgIpc) is 3.19. The standard InChI is InChI=1S/C18H38N2/c1-6-11-18(5,14-19-12-7-2)15-20(17-8-9-17)13-10-16(3)4/h16-17,19H,6-15H2,1-5H3. The first-order valence-electron chi connectivity index (χ1n) is 8.95. The van der Waals surface area contributed by atoms with Crippen LogP contribution in [0.25, 0.3) is 0 Å². The Bertz CT molecular complexity index is 248. The van der Waals surface area contributed by atoms with E-state index in [1.165, 1.54) is 58.2 Å². The molecule has 1 fully saturated rings. The molecule has 0 aromatic rings. The smallest absolute Gasteiger partial charge is 0.00966 e. The molecule has 1 N–H and O–H groups in total. The molecular formula is C18H38N2. The lowest BCUT2D eigenvalue weighted by atomic mass is 9.84. The molecule has 0 aromatic carbocycles. The first-order valence-corrected chi connectivity index (χ1v) is 8.95. The van der Waals surface area contributed by atoms with Crippen LogP contribution in [0.5, 0.6) is 0 Å². The normalized spacial score (nSPS) is 18.8. The van der Waals surface area contributed by atoms with Gasteiger partial charge in [-0.25, -0.2) is 0 Å². The van der Waals surface area contributed by atoms with E-state index in [-0.39, 0.29) is 0 Å². The average molecular weight is 283 g/mol. The van der Waals surface area contributed by atoms with Crippen molar-refractivity contribution in [3.63, 3.8) is 0 Å². The lowest BCUT2D eigenvalue weighted by molar-refractivity contribution is 0.137. The minimum absolute atomic E-state index is 0.448. The fourth-order valence-corrected chi connectivity index (χ4v) is 3.14. The lowest BCUT2D eigenvalue weighted by Gasteiger charge is -2.36. The van der Waals surface area contributed by atoms with Crippen LogP contribution in [-0.2, 0) is 0 Å². The molecule has 120 valence electrons. The van der Waals surface area contributed by atoms with E-state index < -0.39 is 0 Å². The van der Waals surface area contributed by atoms with Gasteiger partial charge in [-0.15, -0.1) is 0 Å². The van der Waals surface area contributed by atoms with E-state index >= 15 is 0 Å². The van der Waals surface area contributed by atoms with Crippen molar-refractivity contribution in [2.75, 3.05) is 26.2 Å². The molecule has 0 spiro atoms. The van der Waals surface area contributed by atoms with Crippen molar-refractivity contribution in [3.05, 3.63) is 0 Å². The Morgan fingerprint density at radius 3 is 2.40 bits per heavy atom. The van der Waals surface area contributed by atoms with Crippen LogP contribution in [0.4, 0.5) is 0 Å². The van der Waals surface area contributed by atoms with Crippen LogP contribution in [0.3, 0.4) is 0 Å². The number of nitrogens with zero attached hydrogens (tertiary/aromatic N) is 1. The van der Waals surface area contributed by atoms with Gasteiger partial charge in [0.2, 0.25) is 0 Å². The number of hydrogen-bond donors (Lipinski definition) is 1. The second-order valence-corrected chi connectivity index (χ2v) is 7.62. The summed E-state index contributed by atoms with van der Waals surface area (Å²) in [6.45, 7) is 16.7. The molecule has 1 unspecified atom stereocenters. The Morgan fingerprint density at radius 1 is 1.20 bits per heavy atom. The van der Waals surface area contributed by atoms with Gasteiger partial charge in [-0.05, 0) is 56.5 Å². The molecule has 0 heterocycles. The summed E-state index contributed by atoms with van der Waals surface area (Å²) in [4.78, 5) is 2.79. The summed E-state index contributed by atoms with van der Waals surface area (Å²) < 4.78 is 0. The molecule has 1 aliphatic rings. The highest BCUT2D eigenvalue weighted by atomic mass is 15.2. The van der Waals surface area contributed by atoms with Crippen molar-refractivity contribution >= 4 is 0 Å². The Morgan fingerprint density at radius 2 is 1.90 bits per heavy atom. The zero-order valence-corrected chi connectivity index (χ0v) is 14.7. The fraction of sp³-hybridized carbons (Fsp3) is 1.00. The molecule has 1 atom stereocenters. The molecule has 2 heteroatoms. The maximum Gasteiger partial charge on any atom is 0.00966 e. The number of hydrogen-bond acceptors (Lipinski definition) is 2. The molecule has 0 bridgehead atoms. The second-order valence-electron chi connectivity index (χ2n) is 7.62. The Labute approximate surface area is 127 Å². The molecule has 0 aliphatic heterocycles. The summed E-state index contributed by atoms with van der Waals surface area (Å²) in [6, 6.07) is 0.899. The molecule has 0 radical (unpaired) electrons. The Kier molecular flexibility index (Phi) is 8.13.